The second-order valence-electron chi connectivity index (χ2n) is 5.04. The lowest BCUT2D eigenvalue weighted by molar-refractivity contribution is 0.249. The van der Waals surface area contributed by atoms with E-state index in [9.17, 15) is 0 Å². The molecule has 3 nitrogen and oxygen atoms in total. The van der Waals surface area contributed by atoms with Gasteiger partial charge < -0.3 is 4.90 Å². The van der Waals surface area contributed by atoms with Crippen molar-refractivity contribution >= 4 is 16.9 Å². The fourth-order valence-corrected chi connectivity index (χ4v) is 3.71. The molecule has 1 aromatic heterocycles. The number of amidine groups is 1. The Labute approximate surface area is 113 Å². The number of piperidine rings is 1. The smallest absolute Gasteiger partial charge is 0.160 e. The van der Waals surface area contributed by atoms with Gasteiger partial charge in [-0.05, 0) is 30.9 Å². The molecule has 0 bridgehead atoms. The van der Waals surface area contributed by atoms with E-state index in [0.29, 0.717) is 11.3 Å². The van der Waals surface area contributed by atoms with Crippen LogP contribution in [0.25, 0.3) is 0 Å². The second-order valence-corrected chi connectivity index (χ2v) is 6.45. The Bertz CT molecular complexity index is 432. The van der Waals surface area contributed by atoms with Crippen LogP contribution >= 0.6 is 11.8 Å². The van der Waals surface area contributed by atoms with Crippen molar-refractivity contribution in [2.45, 2.75) is 37.5 Å². The molecular weight excluding hydrogens is 242 g/mol. The van der Waals surface area contributed by atoms with Crippen LogP contribution in [0.15, 0.2) is 29.5 Å². The molecule has 0 N–H and O–H groups in total. The van der Waals surface area contributed by atoms with Gasteiger partial charge in [-0.1, -0.05) is 24.8 Å². The third kappa shape index (κ3) is 2.39. The number of thioether (sulfide) groups is 1. The highest BCUT2D eigenvalue weighted by molar-refractivity contribution is 8.14. The summed E-state index contributed by atoms with van der Waals surface area (Å²) in [5, 5.41) is 1.88. The Morgan fingerprint density at radius 3 is 3.06 bits per heavy atom. The van der Waals surface area contributed by atoms with E-state index in [2.05, 4.69) is 22.9 Å². The van der Waals surface area contributed by atoms with Crippen LogP contribution in [-0.2, 0) is 0 Å². The minimum absolute atomic E-state index is 0.476. The van der Waals surface area contributed by atoms with Crippen LogP contribution in [-0.4, -0.2) is 33.4 Å². The lowest BCUT2D eigenvalue weighted by atomic mass is 9.97. The molecule has 96 valence electrons. The number of hydrogen-bond acceptors (Lipinski definition) is 4. The minimum atomic E-state index is 0.476. The lowest BCUT2D eigenvalue weighted by Crippen LogP contribution is -2.36. The number of likely N-dealkylation sites (tertiary alicyclic amines) is 1. The van der Waals surface area contributed by atoms with E-state index < -0.39 is 0 Å². The second kappa shape index (κ2) is 5.31. The summed E-state index contributed by atoms with van der Waals surface area (Å²) < 4.78 is 0. The first kappa shape index (κ1) is 12.0. The number of hydrogen-bond donors (Lipinski definition) is 0. The fourth-order valence-electron chi connectivity index (χ4n) is 2.70. The van der Waals surface area contributed by atoms with Crippen molar-refractivity contribution in [1.82, 2.24) is 9.88 Å². The minimum Gasteiger partial charge on any atom is -0.344 e. The molecule has 4 heteroatoms. The number of aromatic nitrogens is 1. The Morgan fingerprint density at radius 1 is 1.39 bits per heavy atom. The predicted molar refractivity (Wildman–Crippen MR) is 76.9 cm³/mol. The SMILES string of the molecule is C[C@@H]1CN=C(N2CCCC[C@@H]2c2cccnc2)S1. The summed E-state index contributed by atoms with van der Waals surface area (Å²) in [7, 11) is 0. The van der Waals surface area contributed by atoms with Gasteiger partial charge in [0.1, 0.15) is 0 Å². The molecule has 0 amide bonds. The molecule has 0 radical (unpaired) electrons. The maximum absolute atomic E-state index is 4.70. The molecule has 0 spiro atoms. The highest BCUT2D eigenvalue weighted by Crippen LogP contribution is 2.35. The Balaban J connectivity index is 1.83. The predicted octanol–water partition coefficient (Wildman–Crippen LogP) is 3.10. The Morgan fingerprint density at radius 2 is 2.33 bits per heavy atom. The van der Waals surface area contributed by atoms with Gasteiger partial charge in [0.05, 0.1) is 12.6 Å². The summed E-state index contributed by atoms with van der Waals surface area (Å²) in [6.07, 6.45) is 7.67. The molecule has 1 fully saturated rings. The highest BCUT2D eigenvalue weighted by Gasteiger charge is 2.29. The first-order valence-corrected chi connectivity index (χ1v) is 7.60. The van der Waals surface area contributed by atoms with Gasteiger partial charge >= 0.3 is 0 Å². The Kier molecular flexibility index (Phi) is 3.55. The van der Waals surface area contributed by atoms with Crippen molar-refractivity contribution in [2.24, 2.45) is 4.99 Å². The topological polar surface area (TPSA) is 28.5 Å². The van der Waals surface area contributed by atoms with Gasteiger partial charge in [0.25, 0.3) is 0 Å². The summed E-state index contributed by atoms with van der Waals surface area (Å²) in [4.78, 5) is 11.5. The van der Waals surface area contributed by atoms with Crippen molar-refractivity contribution < 1.29 is 0 Å². The van der Waals surface area contributed by atoms with Crippen LogP contribution in [0.5, 0.6) is 0 Å². The zero-order valence-corrected chi connectivity index (χ0v) is 11.6. The van der Waals surface area contributed by atoms with Crippen LogP contribution in [0.2, 0.25) is 0 Å². The Hall–Kier alpha value is -1.03. The molecule has 0 saturated carbocycles. The van der Waals surface area contributed by atoms with Gasteiger partial charge in [-0.2, -0.15) is 0 Å². The van der Waals surface area contributed by atoms with Crippen LogP contribution in [0.3, 0.4) is 0 Å². The quantitative estimate of drug-likeness (QED) is 0.777. The third-order valence-electron chi connectivity index (χ3n) is 3.61. The molecule has 3 rings (SSSR count). The van der Waals surface area contributed by atoms with Gasteiger partial charge in [-0.3, -0.25) is 9.98 Å². The van der Waals surface area contributed by atoms with Crippen LogP contribution in [0, 0.1) is 0 Å². The van der Waals surface area contributed by atoms with E-state index in [-0.39, 0.29) is 0 Å². The molecular formula is C14H19N3S. The number of pyridine rings is 1. The highest BCUT2D eigenvalue weighted by atomic mass is 32.2. The first-order chi connectivity index (χ1) is 8.84. The number of nitrogens with zero attached hydrogens (tertiary/aromatic N) is 3. The van der Waals surface area contributed by atoms with E-state index in [1.54, 1.807) is 0 Å². The molecule has 0 unspecified atom stereocenters. The number of rotatable bonds is 1. The van der Waals surface area contributed by atoms with Gasteiger partial charge in [0.2, 0.25) is 0 Å². The number of aliphatic imine (C=N–C) groups is 1. The largest absolute Gasteiger partial charge is 0.344 e. The molecule has 2 atom stereocenters. The van der Waals surface area contributed by atoms with Crippen molar-refractivity contribution in [3.63, 3.8) is 0 Å². The van der Waals surface area contributed by atoms with E-state index in [1.165, 1.54) is 30.0 Å². The van der Waals surface area contributed by atoms with Crippen molar-refractivity contribution in [1.29, 1.82) is 0 Å². The van der Waals surface area contributed by atoms with E-state index >= 15 is 0 Å². The maximum atomic E-state index is 4.70. The lowest BCUT2D eigenvalue weighted by Gasteiger charge is -2.37. The van der Waals surface area contributed by atoms with Gasteiger partial charge in [0, 0.05) is 24.2 Å². The monoisotopic (exact) mass is 261 g/mol. The molecule has 18 heavy (non-hydrogen) atoms. The van der Waals surface area contributed by atoms with E-state index in [1.807, 2.05) is 30.2 Å². The summed E-state index contributed by atoms with van der Waals surface area (Å²) in [5.41, 5.74) is 1.33. The van der Waals surface area contributed by atoms with Gasteiger partial charge in [0.15, 0.2) is 5.17 Å². The molecule has 0 aromatic carbocycles. The normalized spacial score (nSPS) is 28.3. The maximum Gasteiger partial charge on any atom is 0.160 e. The molecule has 2 aliphatic rings. The summed E-state index contributed by atoms with van der Waals surface area (Å²) in [6, 6.07) is 4.71. The van der Waals surface area contributed by atoms with Gasteiger partial charge in [-0.25, -0.2) is 0 Å². The zero-order chi connectivity index (χ0) is 12.4. The molecule has 3 heterocycles. The zero-order valence-electron chi connectivity index (χ0n) is 10.7. The molecule has 0 aliphatic carbocycles. The standard InChI is InChI=1S/C14H19N3S/c1-11-9-16-14(18-11)17-8-3-2-6-13(17)12-5-4-7-15-10-12/h4-5,7,10-11,13H,2-3,6,8-9H2,1H3/t11-,13-/m1/s1. The molecule has 1 saturated heterocycles. The van der Waals surface area contributed by atoms with E-state index in [4.69, 9.17) is 4.99 Å². The van der Waals surface area contributed by atoms with Crippen molar-refractivity contribution in [3.8, 4) is 0 Å². The summed E-state index contributed by atoms with van der Waals surface area (Å²) in [5.74, 6) is 0. The van der Waals surface area contributed by atoms with Crippen LogP contribution in [0.4, 0.5) is 0 Å². The average molecular weight is 261 g/mol. The summed E-state index contributed by atoms with van der Waals surface area (Å²) >= 11 is 1.93. The third-order valence-corrected chi connectivity index (χ3v) is 4.73. The van der Waals surface area contributed by atoms with Crippen molar-refractivity contribution in [2.75, 3.05) is 13.1 Å². The molecule has 2 aliphatic heterocycles. The average Bonchev–Trinajstić information content (AvgIpc) is 2.86. The first-order valence-electron chi connectivity index (χ1n) is 6.72. The van der Waals surface area contributed by atoms with Crippen LogP contribution < -0.4 is 0 Å². The fraction of sp³-hybridized carbons (Fsp3) is 0.571. The molecule has 1 aromatic rings. The van der Waals surface area contributed by atoms with E-state index in [0.717, 1.165) is 13.1 Å². The summed E-state index contributed by atoms with van der Waals surface area (Å²) in [6.45, 7) is 4.36. The van der Waals surface area contributed by atoms with Gasteiger partial charge in [-0.15, -0.1) is 0 Å². The van der Waals surface area contributed by atoms with Crippen molar-refractivity contribution in [3.05, 3.63) is 30.1 Å². The van der Waals surface area contributed by atoms with Crippen LogP contribution in [0.1, 0.15) is 37.8 Å².